The van der Waals surface area contributed by atoms with Crippen molar-refractivity contribution in [1.29, 1.82) is 0 Å². The predicted molar refractivity (Wildman–Crippen MR) is 266 cm³/mol. The van der Waals surface area contributed by atoms with Crippen LogP contribution in [0.3, 0.4) is 0 Å². The summed E-state index contributed by atoms with van der Waals surface area (Å²) in [4.78, 5) is 142. The third-order valence-electron chi connectivity index (χ3n) is 13.9. The summed E-state index contributed by atoms with van der Waals surface area (Å²) in [5.74, 6) is -9.90. The highest BCUT2D eigenvalue weighted by Gasteiger charge is 2.47. The number of phenolic OH excluding ortho intramolecular Hbond substituents is 2. The second-order valence-electron chi connectivity index (χ2n) is 19.3. The Kier molecular flexibility index (Phi) is 20.7. The SMILES string of the molecule is CC[C@@H](C)[C@H]1NC(=O)[C@H](Cc2ccc(O)c(Cl)c2)N(C)C(=O)[C@H]([C@H](C)O)N2C(=O)[C@H](CC[C@@H]2O)NC(=O)[C@@H](CCc2ccc(O)cc2)NC(=O)[C@@H](NC(=O)[C@@H](CCC(N)=O)NC(=O)[C@@H]2CCCN2C=O)[C@@H](C)OC1=O. The molecule has 0 unspecified atom stereocenters. The highest BCUT2D eigenvalue weighted by molar-refractivity contribution is 6.32. The Balaban J connectivity index is 1.63. The number of ether oxygens (including phenoxy) is 1. The summed E-state index contributed by atoms with van der Waals surface area (Å²) in [6.45, 7) is 6.00. The van der Waals surface area contributed by atoms with Crippen LogP contribution in [0.2, 0.25) is 5.02 Å². The van der Waals surface area contributed by atoms with Gasteiger partial charge in [-0.25, -0.2) is 4.79 Å². The van der Waals surface area contributed by atoms with Crippen molar-refractivity contribution in [3.8, 4) is 11.5 Å². The number of hydrogen-bond donors (Lipinski definition) is 10. The van der Waals surface area contributed by atoms with Crippen LogP contribution >= 0.6 is 11.6 Å². The number of rotatable bonds is 16. The number of aromatic hydroxyl groups is 2. The number of piperidine rings is 1. The lowest BCUT2D eigenvalue weighted by Gasteiger charge is -2.43. The van der Waals surface area contributed by atoms with E-state index in [9.17, 15) is 68.4 Å². The van der Waals surface area contributed by atoms with Crippen molar-refractivity contribution < 1.29 is 73.1 Å². The van der Waals surface area contributed by atoms with Gasteiger partial charge in [-0.15, -0.1) is 0 Å². The van der Waals surface area contributed by atoms with Gasteiger partial charge in [0, 0.05) is 26.4 Å². The molecule has 0 radical (unpaired) electrons. The number of hydrogen-bond acceptors (Lipinski definition) is 15. The molecule has 410 valence electrons. The van der Waals surface area contributed by atoms with Crippen molar-refractivity contribution >= 4 is 71.2 Å². The van der Waals surface area contributed by atoms with E-state index in [2.05, 4.69) is 26.6 Å². The lowest BCUT2D eigenvalue weighted by atomic mass is 9.96. The molecule has 2 bridgehead atoms. The number of nitrogens with zero attached hydrogens (tertiary/aromatic N) is 3. The molecule has 5 rings (SSSR count). The minimum Gasteiger partial charge on any atom is -0.508 e. The number of halogens is 1. The molecule has 3 aliphatic heterocycles. The maximum atomic E-state index is 14.8. The summed E-state index contributed by atoms with van der Waals surface area (Å²) >= 11 is 6.24. The molecule has 12 atom stereocenters. The molecule has 0 aromatic heterocycles. The Hall–Kier alpha value is -7.05. The first kappa shape index (κ1) is 58.8. The van der Waals surface area contributed by atoms with E-state index in [1.165, 1.54) is 56.1 Å². The van der Waals surface area contributed by atoms with E-state index in [1.54, 1.807) is 26.0 Å². The third kappa shape index (κ3) is 15.1. The van der Waals surface area contributed by atoms with Crippen molar-refractivity contribution in [3.05, 3.63) is 58.6 Å². The van der Waals surface area contributed by atoms with Gasteiger partial charge < -0.3 is 72.2 Å². The van der Waals surface area contributed by atoms with Crippen LogP contribution in [-0.4, -0.2) is 175 Å². The molecule has 0 saturated carbocycles. The fourth-order valence-corrected chi connectivity index (χ4v) is 9.48. The molecule has 24 nitrogen and oxygen atoms in total. The number of carbonyl (C=O) groups is 10. The quantitative estimate of drug-likeness (QED) is 0.0694. The van der Waals surface area contributed by atoms with Gasteiger partial charge in [0.25, 0.3) is 0 Å². The van der Waals surface area contributed by atoms with Crippen LogP contribution in [0.5, 0.6) is 11.5 Å². The van der Waals surface area contributed by atoms with Crippen LogP contribution in [0.4, 0.5) is 0 Å². The van der Waals surface area contributed by atoms with Crippen LogP contribution in [0.1, 0.15) is 90.2 Å². The van der Waals surface area contributed by atoms with Crippen LogP contribution < -0.4 is 32.3 Å². The molecule has 0 spiro atoms. The first-order valence-electron chi connectivity index (χ1n) is 24.9. The van der Waals surface area contributed by atoms with Gasteiger partial charge in [-0.05, 0) is 100 Å². The van der Waals surface area contributed by atoms with Gasteiger partial charge in [0.2, 0.25) is 53.7 Å². The number of primary amides is 1. The molecular formula is C50H68ClN9O15. The Morgan fingerprint density at radius 3 is 2.24 bits per heavy atom. The second-order valence-corrected chi connectivity index (χ2v) is 19.7. The number of cyclic esters (lactones) is 1. The first-order chi connectivity index (χ1) is 35.4. The molecule has 0 aliphatic carbocycles. The summed E-state index contributed by atoms with van der Waals surface area (Å²) in [5.41, 5.74) is 6.34. The smallest absolute Gasteiger partial charge is 0.329 e. The average Bonchev–Trinajstić information content (AvgIpc) is 3.86. The molecule has 2 aromatic rings. The fourth-order valence-electron chi connectivity index (χ4n) is 9.28. The van der Waals surface area contributed by atoms with Crippen molar-refractivity contribution in [2.24, 2.45) is 11.7 Å². The number of aryl methyl sites for hydroxylation is 1. The standard InChI is InChI=1S/C50H68ClN9O15/c1-6-25(2)40-50(74)75-27(4)41(57-44(68)33(16-19-38(52)65)53-45(69)35-8-7-21-59(35)24-61)47(71)54-32(15-11-28-9-13-30(63)14-10-28)43(67)55-34-17-20-39(66)60(48(34)72)42(26(3)62)49(73)58(5)36(46(70)56-40)23-29-12-18-37(64)31(51)22-29/h9-10,12-14,18,22,24-27,32-36,39-42,62-64,66H,6-8,11,15-17,19-21,23H2,1-5H3,(H2,52,65)(H,53,69)(H,54,71)(H,55,67)(H,56,70)(H,57,68)/t25-,26+,27-,32-,33-,34+,35+,36+,39+,40-,41+,42+/m1/s1. The van der Waals surface area contributed by atoms with Gasteiger partial charge in [0.1, 0.15) is 72.2 Å². The molecule has 9 amide bonds. The topological polar surface area (TPSA) is 357 Å². The van der Waals surface area contributed by atoms with Gasteiger partial charge in [-0.3, -0.25) is 43.2 Å². The zero-order valence-corrected chi connectivity index (χ0v) is 43.2. The molecule has 25 heteroatoms. The van der Waals surface area contributed by atoms with Crippen LogP contribution in [0.25, 0.3) is 0 Å². The minimum atomic E-state index is -1.91. The van der Waals surface area contributed by atoms with Gasteiger partial charge >= 0.3 is 5.97 Å². The van der Waals surface area contributed by atoms with Gasteiger partial charge in [0.05, 0.1) is 11.1 Å². The second kappa shape index (κ2) is 26.4. The highest BCUT2D eigenvalue weighted by Crippen LogP contribution is 2.28. The Bertz CT molecular complexity index is 2450. The number of carbonyl (C=O) groups excluding carboxylic acids is 10. The van der Waals surface area contributed by atoms with Crippen LogP contribution in [0.15, 0.2) is 42.5 Å². The van der Waals surface area contributed by atoms with Crippen molar-refractivity contribution in [2.45, 2.75) is 159 Å². The molecular weight excluding hydrogens is 1000 g/mol. The minimum absolute atomic E-state index is 0.0518. The molecule has 3 fully saturated rings. The number of nitrogens with one attached hydrogen (secondary N) is 5. The number of nitrogens with two attached hydrogens (primary N) is 1. The fraction of sp³-hybridized carbons (Fsp3) is 0.560. The van der Waals surface area contributed by atoms with E-state index < -0.39 is 132 Å². The molecule has 11 N–H and O–H groups in total. The lowest BCUT2D eigenvalue weighted by Crippen LogP contribution is -2.67. The number of benzene rings is 2. The monoisotopic (exact) mass is 1070 g/mol. The van der Waals surface area contributed by atoms with Crippen LogP contribution in [0, 0.1) is 5.92 Å². The molecule has 3 heterocycles. The summed E-state index contributed by atoms with van der Waals surface area (Å²) in [7, 11) is 1.21. The van der Waals surface area contributed by atoms with Crippen molar-refractivity contribution in [1.82, 2.24) is 41.3 Å². The zero-order chi connectivity index (χ0) is 55.4. The average molecular weight is 1070 g/mol. The summed E-state index contributed by atoms with van der Waals surface area (Å²) in [5, 5.41) is 55.5. The van der Waals surface area contributed by atoms with Crippen LogP contribution in [-0.2, 0) is 65.5 Å². The third-order valence-corrected chi connectivity index (χ3v) is 14.2. The first-order valence-corrected chi connectivity index (χ1v) is 25.3. The lowest BCUT2D eigenvalue weighted by molar-refractivity contribution is -0.170. The number of fused-ring (bicyclic) bond motifs is 2. The van der Waals surface area contributed by atoms with E-state index in [4.69, 9.17) is 22.1 Å². The number of likely N-dealkylation sites (N-methyl/N-ethyl adjacent to an activating group) is 1. The summed E-state index contributed by atoms with van der Waals surface area (Å²) in [6.07, 6.45) is -5.20. The number of esters is 1. The number of likely N-dealkylation sites (tertiary alicyclic amines) is 1. The number of amides is 9. The van der Waals surface area contributed by atoms with Crippen molar-refractivity contribution in [2.75, 3.05) is 13.6 Å². The molecule has 2 aromatic carbocycles. The van der Waals surface area contributed by atoms with E-state index in [-0.39, 0.29) is 74.4 Å². The molecule has 3 aliphatic rings. The Morgan fingerprint density at radius 1 is 0.933 bits per heavy atom. The van der Waals surface area contributed by atoms with E-state index >= 15 is 0 Å². The Labute approximate surface area is 438 Å². The van der Waals surface area contributed by atoms with E-state index in [1.807, 2.05) is 0 Å². The highest BCUT2D eigenvalue weighted by atomic mass is 35.5. The van der Waals surface area contributed by atoms with Gasteiger partial charge in [0.15, 0.2) is 0 Å². The summed E-state index contributed by atoms with van der Waals surface area (Å²) < 4.78 is 5.92. The maximum absolute atomic E-state index is 14.8. The Morgan fingerprint density at radius 2 is 1.61 bits per heavy atom. The zero-order valence-electron chi connectivity index (χ0n) is 42.4. The van der Waals surface area contributed by atoms with E-state index in [0.29, 0.717) is 28.9 Å². The molecule has 75 heavy (non-hydrogen) atoms. The number of phenols is 2. The number of aliphatic hydroxyl groups excluding tert-OH is 2. The number of aliphatic hydroxyl groups is 2. The maximum Gasteiger partial charge on any atom is 0.329 e. The van der Waals surface area contributed by atoms with Gasteiger partial charge in [-0.1, -0.05) is 50.1 Å². The van der Waals surface area contributed by atoms with E-state index in [0.717, 1.165) is 4.90 Å². The molecule has 3 saturated heterocycles. The summed E-state index contributed by atoms with van der Waals surface area (Å²) in [6, 6.07) is -2.45. The van der Waals surface area contributed by atoms with Crippen molar-refractivity contribution in [3.63, 3.8) is 0 Å². The predicted octanol–water partition coefficient (Wildman–Crippen LogP) is -1.25. The largest absolute Gasteiger partial charge is 0.508 e. The van der Waals surface area contributed by atoms with Gasteiger partial charge in [-0.2, -0.15) is 0 Å². The normalized spacial score (nSPS) is 26.5.